The van der Waals surface area contributed by atoms with Gasteiger partial charge in [0.2, 0.25) is 0 Å². The summed E-state index contributed by atoms with van der Waals surface area (Å²) in [6.45, 7) is 8.86. The van der Waals surface area contributed by atoms with Gasteiger partial charge in [-0.25, -0.2) is 5.84 Å². The van der Waals surface area contributed by atoms with E-state index in [1.54, 1.807) is 19.3 Å². The smallest absolute Gasteiger partial charge is 0.0556 e. The number of hydrogen-bond acceptors (Lipinski definition) is 5. The highest BCUT2D eigenvalue weighted by atomic mass is 16.3. The van der Waals surface area contributed by atoms with E-state index in [-0.39, 0.29) is 6.61 Å². The van der Waals surface area contributed by atoms with Crippen LogP contribution in [-0.2, 0) is 0 Å². The fraction of sp³-hybridized carbons (Fsp3) is 0.429. The van der Waals surface area contributed by atoms with Crippen LogP contribution in [0.2, 0.25) is 0 Å². The first-order valence-corrected chi connectivity index (χ1v) is 9.46. The molecule has 1 fully saturated rings. The van der Waals surface area contributed by atoms with Crippen LogP contribution < -0.4 is 27.5 Å². The van der Waals surface area contributed by atoms with Crippen molar-refractivity contribution >= 4 is 18.2 Å². The Hall–Kier alpha value is -2.28. The standard InChI is InChI=1S/C21H33N5O/c1-4-16(14-26(3)23)21-13-25-15(2)20(21)11-18(12-22)17-5-7-19(8-6-17)24-9-10-27/h4,11-14,17,19,24-25,27H,1-2,5-10,22-23H2,3H3/b16-14+,18-12+,20-11+/t17-,19-. The minimum atomic E-state index is 0.182. The summed E-state index contributed by atoms with van der Waals surface area (Å²) < 4.78 is 0. The fourth-order valence-electron chi connectivity index (χ4n) is 3.70. The van der Waals surface area contributed by atoms with Gasteiger partial charge in [0.05, 0.1) is 6.61 Å². The molecule has 6 heteroatoms. The van der Waals surface area contributed by atoms with Gasteiger partial charge in [0.15, 0.2) is 0 Å². The maximum atomic E-state index is 8.97. The molecule has 0 bridgehead atoms. The third kappa shape index (κ3) is 5.60. The van der Waals surface area contributed by atoms with Gasteiger partial charge < -0.3 is 26.1 Å². The van der Waals surface area contributed by atoms with Gasteiger partial charge >= 0.3 is 0 Å². The number of aromatic nitrogens is 1. The highest BCUT2D eigenvalue weighted by Gasteiger charge is 2.22. The minimum Gasteiger partial charge on any atom is -0.404 e. The van der Waals surface area contributed by atoms with E-state index in [1.165, 1.54) is 5.01 Å². The molecule has 1 aromatic heterocycles. The van der Waals surface area contributed by atoms with Crippen LogP contribution in [0, 0.1) is 5.92 Å². The molecule has 0 aromatic carbocycles. The van der Waals surface area contributed by atoms with E-state index >= 15 is 0 Å². The summed E-state index contributed by atoms with van der Waals surface area (Å²) in [7, 11) is 1.78. The number of allylic oxidation sites excluding steroid dienone is 3. The Morgan fingerprint density at radius 1 is 1.41 bits per heavy atom. The molecule has 1 saturated carbocycles. The predicted molar refractivity (Wildman–Crippen MR) is 113 cm³/mol. The lowest BCUT2D eigenvalue weighted by Crippen LogP contribution is -2.35. The summed E-state index contributed by atoms with van der Waals surface area (Å²) in [5.41, 5.74) is 9.05. The number of nitrogens with zero attached hydrogens (tertiary/aromatic N) is 1. The maximum absolute atomic E-state index is 8.97. The normalized spacial score (nSPS) is 22.1. The molecule has 2 rings (SSSR count). The van der Waals surface area contributed by atoms with E-state index < -0.39 is 0 Å². The van der Waals surface area contributed by atoms with E-state index in [0.29, 0.717) is 18.5 Å². The van der Waals surface area contributed by atoms with Crippen molar-refractivity contribution in [3.05, 3.63) is 53.0 Å². The highest BCUT2D eigenvalue weighted by Crippen LogP contribution is 2.30. The van der Waals surface area contributed by atoms with Crippen molar-refractivity contribution in [1.82, 2.24) is 15.3 Å². The molecule has 1 heterocycles. The third-order valence-corrected chi connectivity index (χ3v) is 5.13. The van der Waals surface area contributed by atoms with E-state index in [0.717, 1.165) is 53.0 Å². The van der Waals surface area contributed by atoms with E-state index in [9.17, 15) is 0 Å². The molecule has 0 aliphatic heterocycles. The monoisotopic (exact) mass is 371 g/mol. The number of rotatable bonds is 8. The molecule has 0 amide bonds. The number of nitrogens with one attached hydrogen (secondary N) is 2. The lowest BCUT2D eigenvalue weighted by atomic mass is 9.81. The summed E-state index contributed by atoms with van der Waals surface area (Å²) >= 11 is 0. The van der Waals surface area contributed by atoms with Crippen molar-refractivity contribution in [3.8, 4) is 0 Å². The zero-order valence-electron chi connectivity index (χ0n) is 16.2. The Balaban J connectivity index is 2.26. The molecule has 0 atom stereocenters. The minimum absolute atomic E-state index is 0.182. The summed E-state index contributed by atoms with van der Waals surface area (Å²) in [5, 5.41) is 15.7. The number of H-pyrrole nitrogens is 1. The Bertz CT molecular complexity index is 782. The van der Waals surface area contributed by atoms with Crippen LogP contribution in [0.5, 0.6) is 0 Å². The van der Waals surface area contributed by atoms with Crippen molar-refractivity contribution in [2.45, 2.75) is 31.7 Å². The van der Waals surface area contributed by atoms with Crippen LogP contribution in [0.3, 0.4) is 0 Å². The molecule has 27 heavy (non-hydrogen) atoms. The van der Waals surface area contributed by atoms with Gasteiger partial charge in [-0.1, -0.05) is 19.2 Å². The topological polar surface area (TPSA) is 103 Å². The molecular formula is C21H33N5O. The molecule has 1 aliphatic rings. The highest BCUT2D eigenvalue weighted by molar-refractivity contribution is 5.74. The SMILES string of the molecule is C=C/C(=C\N(C)N)c1c[nH]c(=C)/c1=C\C(=C/N)[C@H]1CC[C@H](NCCO)CC1. The van der Waals surface area contributed by atoms with Gasteiger partial charge in [0.1, 0.15) is 0 Å². The molecule has 0 unspecified atom stereocenters. The van der Waals surface area contributed by atoms with Crippen LogP contribution in [0.4, 0.5) is 0 Å². The average molecular weight is 372 g/mol. The Kier molecular flexibility index (Phi) is 7.91. The third-order valence-electron chi connectivity index (χ3n) is 5.13. The van der Waals surface area contributed by atoms with E-state index in [2.05, 4.69) is 29.5 Å². The van der Waals surface area contributed by atoms with Crippen molar-refractivity contribution in [1.29, 1.82) is 0 Å². The predicted octanol–water partition coefficient (Wildman–Crippen LogP) is 0.521. The second kappa shape index (κ2) is 10.2. The lowest BCUT2D eigenvalue weighted by Gasteiger charge is -2.29. The summed E-state index contributed by atoms with van der Waals surface area (Å²) in [5.74, 6) is 6.20. The number of hydrogen-bond donors (Lipinski definition) is 5. The van der Waals surface area contributed by atoms with Gasteiger partial charge in [0, 0.05) is 53.7 Å². The van der Waals surface area contributed by atoms with Crippen molar-refractivity contribution in [2.75, 3.05) is 20.2 Å². The number of hydrazine groups is 1. The fourth-order valence-corrected chi connectivity index (χ4v) is 3.70. The summed E-state index contributed by atoms with van der Waals surface area (Å²) in [4.78, 5) is 3.20. The average Bonchev–Trinajstić information content (AvgIpc) is 3.03. The summed E-state index contributed by atoms with van der Waals surface area (Å²) in [6, 6.07) is 0.481. The lowest BCUT2D eigenvalue weighted by molar-refractivity contribution is 0.262. The quantitative estimate of drug-likeness (QED) is 0.260. The maximum Gasteiger partial charge on any atom is 0.0556 e. The molecule has 0 radical (unpaired) electrons. The zero-order valence-corrected chi connectivity index (χ0v) is 16.2. The summed E-state index contributed by atoms with van der Waals surface area (Å²) in [6.07, 6.45) is 13.7. The van der Waals surface area contributed by atoms with Crippen LogP contribution >= 0.6 is 0 Å². The molecule has 7 N–H and O–H groups in total. The van der Waals surface area contributed by atoms with Crippen LogP contribution in [0.1, 0.15) is 31.2 Å². The van der Waals surface area contributed by atoms with Crippen LogP contribution in [0.15, 0.2) is 36.8 Å². The zero-order chi connectivity index (χ0) is 19.8. The van der Waals surface area contributed by atoms with Gasteiger partial charge in [-0.2, -0.15) is 0 Å². The molecule has 1 aliphatic carbocycles. The van der Waals surface area contributed by atoms with Gasteiger partial charge in [-0.15, -0.1) is 0 Å². The van der Waals surface area contributed by atoms with Crippen LogP contribution in [0.25, 0.3) is 18.2 Å². The molecule has 1 aromatic rings. The second-order valence-corrected chi connectivity index (χ2v) is 7.09. The molecule has 148 valence electrons. The van der Waals surface area contributed by atoms with Crippen molar-refractivity contribution < 1.29 is 5.11 Å². The molecule has 0 spiro atoms. The number of nitrogens with two attached hydrogens (primary N) is 2. The second-order valence-electron chi connectivity index (χ2n) is 7.09. The largest absolute Gasteiger partial charge is 0.404 e. The first kappa shape index (κ1) is 21.0. The first-order chi connectivity index (χ1) is 13.0. The Labute approximate surface area is 161 Å². The van der Waals surface area contributed by atoms with E-state index in [1.807, 2.05) is 12.4 Å². The van der Waals surface area contributed by atoms with Crippen LogP contribution in [-0.4, -0.2) is 41.3 Å². The van der Waals surface area contributed by atoms with Gasteiger partial charge in [-0.05, 0) is 49.5 Å². The molecule has 0 saturated heterocycles. The molecule has 6 nitrogen and oxygen atoms in total. The van der Waals surface area contributed by atoms with Gasteiger partial charge in [0.25, 0.3) is 0 Å². The Morgan fingerprint density at radius 3 is 2.67 bits per heavy atom. The number of aliphatic hydroxyl groups is 1. The van der Waals surface area contributed by atoms with E-state index in [4.69, 9.17) is 16.7 Å². The van der Waals surface area contributed by atoms with Gasteiger partial charge in [-0.3, -0.25) is 0 Å². The molecular weight excluding hydrogens is 338 g/mol. The number of aromatic amines is 1. The first-order valence-electron chi connectivity index (χ1n) is 9.46. The Morgan fingerprint density at radius 2 is 2.11 bits per heavy atom. The number of aliphatic hydroxyl groups excluding tert-OH is 1. The van der Waals surface area contributed by atoms with Crippen molar-refractivity contribution in [3.63, 3.8) is 0 Å². The van der Waals surface area contributed by atoms with Crippen molar-refractivity contribution in [2.24, 2.45) is 17.5 Å².